The molecule has 3 N–H and O–H groups in total. The van der Waals surface area contributed by atoms with Crippen LogP contribution >= 0.6 is 0 Å². The van der Waals surface area contributed by atoms with Gasteiger partial charge < -0.3 is 5.73 Å². The smallest absolute Gasteiger partial charge is 0.238 e. The molecule has 0 radical (unpaired) electrons. The highest BCUT2D eigenvalue weighted by atomic mass is 16.1. The molecule has 1 saturated carbocycles. The highest BCUT2D eigenvalue weighted by molar-refractivity contribution is 5.85. The van der Waals surface area contributed by atoms with Crippen molar-refractivity contribution in [1.29, 1.82) is 0 Å². The van der Waals surface area contributed by atoms with Gasteiger partial charge in [-0.05, 0) is 23.8 Å². The van der Waals surface area contributed by atoms with Crippen LogP contribution in [0.2, 0.25) is 0 Å². The molecular weight excluding hydrogens is 236 g/mol. The normalized spacial score (nSPS) is 26.0. The second-order valence-electron chi connectivity index (χ2n) is 6.20. The molecule has 0 heterocycles. The summed E-state index contributed by atoms with van der Waals surface area (Å²) < 4.78 is 0. The van der Waals surface area contributed by atoms with Crippen molar-refractivity contribution >= 4 is 5.91 Å². The summed E-state index contributed by atoms with van der Waals surface area (Å²) >= 11 is 0. The predicted octanol–water partition coefficient (Wildman–Crippen LogP) is 2.60. The van der Waals surface area contributed by atoms with Crippen LogP contribution in [0.4, 0.5) is 0 Å². The van der Waals surface area contributed by atoms with Crippen LogP contribution in [0.5, 0.6) is 0 Å². The minimum atomic E-state index is -0.582. The van der Waals surface area contributed by atoms with Crippen LogP contribution in [-0.2, 0) is 11.3 Å². The molecule has 0 bridgehead atoms. The number of carbonyl (C=O) groups is 1. The van der Waals surface area contributed by atoms with E-state index in [0.717, 1.165) is 19.3 Å². The summed E-state index contributed by atoms with van der Waals surface area (Å²) in [6.07, 6.45) is 4.11. The first-order chi connectivity index (χ1) is 8.98. The van der Waals surface area contributed by atoms with Crippen LogP contribution in [0.1, 0.15) is 45.1 Å². The molecule has 1 aliphatic carbocycles. The fourth-order valence-corrected chi connectivity index (χ4v) is 3.23. The van der Waals surface area contributed by atoms with E-state index in [1.54, 1.807) is 0 Å². The fraction of sp³-hybridized carbons (Fsp3) is 0.562. The first-order valence-electron chi connectivity index (χ1n) is 7.07. The number of amides is 1. The van der Waals surface area contributed by atoms with Crippen molar-refractivity contribution in [3.8, 4) is 0 Å². The summed E-state index contributed by atoms with van der Waals surface area (Å²) in [5.41, 5.74) is 6.25. The third-order valence-corrected chi connectivity index (χ3v) is 4.62. The third-order valence-electron chi connectivity index (χ3n) is 4.62. The number of benzene rings is 1. The van der Waals surface area contributed by atoms with Crippen LogP contribution in [0.25, 0.3) is 0 Å². The van der Waals surface area contributed by atoms with Crippen molar-refractivity contribution in [1.82, 2.24) is 5.32 Å². The molecule has 19 heavy (non-hydrogen) atoms. The van der Waals surface area contributed by atoms with Gasteiger partial charge in [-0.15, -0.1) is 0 Å². The van der Waals surface area contributed by atoms with E-state index >= 15 is 0 Å². The molecule has 1 aliphatic rings. The number of carbonyl (C=O) groups excluding carboxylic acids is 1. The van der Waals surface area contributed by atoms with Crippen LogP contribution < -0.4 is 11.1 Å². The van der Waals surface area contributed by atoms with Crippen molar-refractivity contribution in [2.45, 2.75) is 51.6 Å². The molecule has 0 spiro atoms. The second kappa shape index (κ2) is 5.33. The Morgan fingerprint density at radius 3 is 2.42 bits per heavy atom. The highest BCUT2D eigenvalue weighted by Crippen LogP contribution is 2.43. The standard InChI is InChI=1S/C16H24N2O/c1-15(2)10-6-7-11-16(15,14(17)19)18-12-13-8-4-3-5-9-13/h3-5,8-9,18H,6-7,10-12H2,1-2H3,(H2,17,19). The summed E-state index contributed by atoms with van der Waals surface area (Å²) in [6, 6.07) is 10.2. The third kappa shape index (κ3) is 2.66. The lowest BCUT2D eigenvalue weighted by Crippen LogP contribution is -2.65. The van der Waals surface area contributed by atoms with Gasteiger partial charge in [-0.3, -0.25) is 10.1 Å². The molecule has 3 heteroatoms. The van der Waals surface area contributed by atoms with Gasteiger partial charge in [-0.25, -0.2) is 0 Å². The molecule has 1 aromatic rings. The maximum absolute atomic E-state index is 12.1. The topological polar surface area (TPSA) is 55.1 Å². The molecular formula is C16H24N2O. The van der Waals surface area contributed by atoms with Crippen LogP contribution in [0, 0.1) is 5.41 Å². The van der Waals surface area contributed by atoms with Crippen molar-refractivity contribution in [3.05, 3.63) is 35.9 Å². The van der Waals surface area contributed by atoms with Gasteiger partial charge in [-0.1, -0.05) is 57.0 Å². The SMILES string of the molecule is CC1(C)CCCCC1(NCc1ccccc1)C(N)=O. The van der Waals surface area contributed by atoms with E-state index in [1.165, 1.54) is 12.0 Å². The van der Waals surface area contributed by atoms with E-state index in [1.807, 2.05) is 18.2 Å². The van der Waals surface area contributed by atoms with Crippen LogP contribution in [-0.4, -0.2) is 11.4 Å². The van der Waals surface area contributed by atoms with Gasteiger partial charge in [0.15, 0.2) is 0 Å². The van der Waals surface area contributed by atoms with E-state index in [9.17, 15) is 4.79 Å². The van der Waals surface area contributed by atoms with Gasteiger partial charge in [-0.2, -0.15) is 0 Å². The van der Waals surface area contributed by atoms with E-state index in [4.69, 9.17) is 5.73 Å². The second-order valence-corrected chi connectivity index (χ2v) is 6.20. The van der Waals surface area contributed by atoms with Gasteiger partial charge in [0, 0.05) is 6.54 Å². The van der Waals surface area contributed by atoms with Crippen LogP contribution in [0.15, 0.2) is 30.3 Å². The zero-order chi connectivity index (χ0) is 13.9. The maximum atomic E-state index is 12.1. The van der Waals surface area contributed by atoms with E-state index in [-0.39, 0.29) is 11.3 Å². The monoisotopic (exact) mass is 260 g/mol. The van der Waals surface area contributed by atoms with Crippen molar-refractivity contribution in [3.63, 3.8) is 0 Å². The Labute approximate surface area is 115 Å². The van der Waals surface area contributed by atoms with E-state index < -0.39 is 5.54 Å². The Balaban J connectivity index is 2.18. The van der Waals surface area contributed by atoms with Gasteiger partial charge in [0.05, 0.1) is 0 Å². The molecule has 0 aliphatic heterocycles. The van der Waals surface area contributed by atoms with Gasteiger partial charge >= 0.3 is 0 Å². The molecule has 1 aromatic carbocycles. The average Bonchev–Trinajstić information content (AvgIpc) is 2.38. The lowest BCUT2D eigenvalue weighted by atomic mass is 9.62. The Hall–Kier alpha value is -1.35. The zero-order valence-electron chi connectivity index (χ0n) is 11.9. The minimum absolute atomic E-state index is 0.0914. The van der Waals surface area contributed by atoms with Crippen molar-refractivity contribution in [2.24, 2.45) is 11.1 Å². The summed E-state index contributed by atoms with van der Waals surface area (Å²) in [7, 11) is 0. The van der Waals surface area contributed by atoms with Gasteiger partial charge in [0.1, 0.15) is 5.54 Å². The van der Waals surface area contributed by atoms with E-state index in [2.05, 4.69) is 31.3 Å². The number of nitrogens with one attached hydrogen (secondary N) is 1. The quantitative estimate of drug-likeness (QED) is 0.874. The first kappa shape index (κ1) is 14.1. The predicted molar refractivity (Wildman–Crippen MR) is 77.5 cm³/mol. The van der Waals surface area contributed by atoms with Crippen molar-refractivity contribution in [2.75, 3.05) is 0 Å². The van der Waals surface area contributed by atoms with Gasteiger partial charge in [0.2, 0.25) is 5.91 Å². The summed E-state index contributed by atoms with van der Waals surface area (Å²) in [5, 5.41) is 3.47. The summed E-state index contributed by atoms with van der Waals surface area (Å²) in [6.45, 7) is 4.98. The highest BCUT2D eigenvalue weighted by Gasteiger charge is 2.50. The first-order valence-corrected chi connectivity index (χ1v) is 7.07. The van der Waals surface area contributed by atoms with Gasteiger partial charge in [0.25, 0.3) is 0 Å². The lowest BCUT2D eigenvalue weighted by molar-refractivity contribution is -0.132. The minimum Gasteiger partial charge on any atom is -0.368 e. The number of hydrogen-bond acceptors (Lipinski definition) is 2. The fourth-order valence-electron chi connectivity index (χ4n) is 3.23. The summed E-state index contributed by atoms with van der Waals surface area (Å²) in [4.78, 5) is 12.1. The lowest BCUT2D eigenvalue weighted by Gasteiger charge is -2.48. The molecule has 2 rings (SSSR count). The number of hydrogen-bond donors (Lipinski definition) is 2. The molecule has 0 saturated heterocycles. The van der Waals surface area contributed by atoms with E-state index in [0.29, 0.717) is 6.54 Å². The molecule has 1 unspecified atom stereocenters. The molecule has 0 aromatic heterocycles. The summed E-state index contributed by atoms with van der Waals surface area (Å²) in [5.74, 6) is -0.215. The largest absolute Gasteiger partial charge is 0.368 e. The number of primary amides is 1. The molecule has 104 valence electrons. The van der Waals surface area contributed by atoms with Crippen LogP contribution in [0.3, 0.4) is 0 Å². The Kier molecular flexibility index (Phi) is 3.95. The molecule has 1 fully saturated rings. The molecule has 3 nitrogen and oxygen atoms in total. The maximum Gasteiger partial charge on any atom is 0.238 e. The van der Waals surface area contributed by atoms with Crippen molar-refractivity contribution < 1.29 is 4.79 Å². The number of rotatable bonds is 4. The average molecular weight is 260 g/mol. The zero-order valence-corrected chi connectivity index (χ0v) is 11.9. The molecule has 1 atom stereocenters. The Morgan fingerprint density at radius 2 is 1.84 bits per heavy atom. The Morgan fingerprint density at radius 1 is 1.21 bits per heavy atom. The Bertz CT molecular complexity index is 441. The number of nitrogens with two attached hydrogens (primary N) is 1. The molecule has 1 amide bonds.